The van der Waals surface area contributed by atoms with E-state index in [-0.39, 0.29) is 29.9 Å². The molecule has 1 aliphatic rings. The third-order valence-corrected chi connectivity index (χ3v) is 2.97. The molecule has 0 radical (unpaired) electrons. The molecule has 6 heteroatoms. The van der Waals surface area contributed by atoms with Gasteiger partial charge in [0.05, 0.1) is 6.54 Å². The van der Waals surface area contributed by atoms with Gasteiger partial charge in [0.15, 0.2) is 5.96 Å². The van der Waals surface area contributed by atoms with Crippen molar-refractivity contribution in [2.45, 2.75) is 25.4 Å². The molecule has 2 rings (SSSR count). The van der Waals surface area contributed by atoms with E-state index in [0.29, 0.717) is 24.1 Å². The highest BCUT2D eigenvalue weighted by Crippen LogP contribution is 2.18. The van der Waals surface area contributed by atoms with E-state index in [2.05, 4.69) is 10.3 Å². The second-order valence-electron chi connectivity index (χ2n) is 5.02. The van der Waals surface area contributed by atoms with Crippen LogP contribution in [-0.2, 0) is 6.54 Å². The van der Waals surface area contributed by atoms with Crippen LogP contribution in [0.1, 0.15) is 28.8 Å². The minimum Gasteiger partial charge on any atom is -0.370 e. The van der Waals surface area contributed by atoms with E-state index in [4.69, 9.17) is 5.73 Å². The smallest absolute Gasteiger partial charge is 0.253 e. The number of carbonyl (C=O) groups excluding carboxylic acids is 1. The molecule has 0 heterocycles. The van der Waals surface area contributed by atoms with Crippen molar-refractivity contribution >= 4 is 35.8 Å². The molecule has 5 nitrogen and oxygen atoms in total. The van der Waals surface area contributed by atoms with Crippen LogP contribution in [0.25, 0.3) is 0 Å². The van der Waals surface area contributed by atoms with Crippen LogP contribution in [0.5, 0.6) is 0 Å². The van der Waals surface area contributed by atoms with Crippen molar-refractivity contribution in [2.24, 2.45) is 10.7 Å². The topological polar surface area (TPSA) is 70.7 Å². The standard InChI is InChI=1S/C14H20N4O.HI/c1-18(2)13(19)11-5-3-10(4-6-11)9-16-14(15)17-12-7-8-12;/h3-6,12H,7-9H2,1-2H3,(H3,15,16,17);1H. The van der Waals surface area contributed by atoms with E-state index >= 15 is 0 Å². The van der Waals surface area contributed by atoms with Crippen LogP contribution in [0, 0.1) is 0 Å². The quantitative estimate of drug-likeness (QED) is 0.468. The van der Waals surface area contributed by atoms with Gasteiger partial charge >= 0.3 is 0 Å². The fourth-order valence-corrected chi connectivity index (χ4v) is 1.67. The van der Waals surface area contributed by atoms with Gasteiger partial charge in [-0.05, 0) is 30.5 Å². The van der Waals surface area contributed by atoms with Crippen LogP contribution >= 0.6 is 24.0 Å². The van der Waals surface area contributed by atoms with Crippen molar-refractivity contribution in [3.05, 3.63) is 35.4 Å². The summed E-state index contributed by atoms with van der Waals surface area (Å²) in [5.41, 5.74) is 7.48. The Morgan fingerprint density at radius 1 is 1.35 bits per heavy atom. The molecule has 1 amide bonds. The zero-order chi connectivity index (χ0) is 13.8. The summed E-state index contributed by atoms with van der Waals surface area (Å²) in [6.45, 7) is 0.530. The number of guanidine groups is 1. The fraction of sp³-hybridized carbons (Fsp3) is 0.429. The lowest BCUT2D eigenvalue weighted by atomic mass is 10.1. The van der Waals surface area contributed by atoms with E-state index in [9.17, 15) is 4.79 Å². The first-order chi connectivity index (χ1) is 9.06. The number of benzene rings is 1. The third kappa shape index (κ3) is 4.99. The van der Waals surface area contributed by atoms with Crippen molar-refractivity contribution in [3.8, 4) is 0 Å². The molecule has 1 aliphatic carbocycles. The second-order valence-corrected chi connectivity index (χ2v) is 5.02. The van der Waals surface area contributed by atoms with Crippen LogP contribution in [0.3, 0.4) is 0 Å². The van der Waals surface area contributed by atoms with Gasteiger partial charge < -0.3 is 16.0 Å². The second kappa shape index (κ2) is 7.47. The number of rotatable bonds is 4. The number of aliphatic imine (C=N–C) groups is 1. The maximum Gasteiger partial charge on any atom is 0.253 e. The van der Waals surface area contributed by atoms with Gasteiger partial charge in [-0.25, -0.2) is 4.99 Å². The summed E-state index contributed by atoms with van der Waals surface area (Å²) in [7, 11) is 3.48. The van der Waals surface area contributed by atoms with Gasteiger partial charge in [-0.3, -0.25) is 4.79 Å². The molecule has 0 aliphatic heterocycles. The first-order valence-electron chi connectivity index (χ1n) is 6.43. The average Bonchev–Trinajstić information content (AvgIpc) is 3.20. The maximum absolute atomic E-state index is 11.7. The Hall–Kier alpha value is -1.31. The van der Waals surface area contributed by atoms with Gasteiger partial charge in [-0.1, -0.05) is 12.1 Å². The van der Waals surface area contributed by atoms with Crippen LogP contribution < -0.4 is 11.1 Å². The van der Waals surface area contributed by atoms with Crippen LogP contribution in [-0.4, -0.2) is 36.9 Å². The molecule has 1 saturated carbocycles. The molecule has 1 aromatic carbocycles. The molecule has 0 atom stereocenters. The molecule has 0 spiro atoms. The monoisotopic (exact) mass is 388 g/mol. The lowest BCUT2D eigenvalue weighted by molar-refractivity contribution is 0.0827. The van der Waals surface area contributed by atoms with E-state index in [0.717, 1.165) is 5.56 Å². The Bertz CT molecular complexity index is 480. The number of nitrogens with one attached hydrogen (secondary N) is 1. The zero-order valence-electron chi connectivity index (χ0n) is 11.8. The number of hydrogen-bond acceptors (Lipinski definition) is 2. The predicted molar refractivity (Wildman–Crippen MR) is 91.4 cm³/mol. The van der Waals surface area contributed by atoms with Gasteiger partial charge in [0.25, 0.3) is 5.91 Å². The van der Waals surface area contributed by atoms with Gasteiger partial charge in [0.1, 0.15) is 0 Å². The Morgan fingerprint density at radius 2 is 1.95 bits per heavy atom. The van der Waals surface area contributed by atoms with E-state index in [1.54, 1.807) is 19.0 Å². The molecule has 0 bridgehead atoms. The van der Waals surface area contributed by atoms with E-state index < -0.39 is 0 Å². The summed E-state index contributed by atoms with van der Waals surface area (Å²) in [5, 5.41) is 3.14. The van der Waals surface area contributed by atoms with Crippen LogP contribution in [0.4, 0.5) is 0 Å². The highest BCUT2D eigenvalue weighted by Gasteiger charge is 2.21. The zero-order valence-corrected chi connectivity index (χ0v) is 14.1. The van der Waals surface area contributed by atoms with Gasteiger partial charge in [-0.15, -0.1) is 24.0 Å². The van der Waals surface area contributed by atoms with Gasteiger partial charge in [0.2, 0.25) is 0 Å². The summed E-state index contributed by atoms with van der Waals surface area (Å²) in [4.78, 5) is 17.6. The summed E-state index contributed by atoms with van der Waals surface area (Å²) in [5.74, 6) is 0.501. The lowest BCUT2D eigenvalue weighted by Gasteiger charge is -2.10. The SMILES string of the molecule is CN(C)C(=O)c1ccc(CN=C(N)NC2CC2)cc1.I. The number of hydrogen-bond donors (Lipinski definition) is 2. The average molecular weight is 388 g/mol. The molecule has 0 aromatic heterocycles. The summed E-state index contributed by atoms with van der Waals surface area (Å²) < 4.78 is 0. The van der Waals surface area contributed by atoms with E-state index in [1.807, 2.05) is 24.3 Å². The first kappa shape index (κ1) is 16.7. The Morgan fingerprint density at radius 3 is 2.45 bits per heavy atom. The largest absolute Gasteiger partial charge is 0.370 e. The third-order valence-electron chi connectivity index (χ3n) is 2.97. The number of carbonyl (C=O) groups is 1. The molecular formula is C14H21IN4O. The molecular weight excluding hydrogens is 367 g/mol. The Kier molecular flexibility index (Phi) is 6.25. The molecule has 1 aromatic rings. The van der Waals surface area contributed by atoms with E-state index in [1.165, 1.54) is 12.8 Å². The molecule has 1 fully saturated rings. The van der Waals surface area contributed by atoms with Gasteiger partial charge in [-0.2, -0.15) is 0 Å². The van der Waals surface area contributed by atoms with Crippen LogP contribution in [0.15, 0.2) is 29.3 Å². The molecule has 0 unspecified atom stereocenters. The minimum atomic E-state index is 0. The van der Waals surface area contributed by atoms with Crippen molar-refractivity contribution in [1.29, 1.82) is 0 Å². The normalized spacial score (nSPS) is 14.4. The lowest BCUT2D eigenvalue weighted by Crippen LogP contribution is -2.33. The van der Waals surface area contributed by atoms with Crippen molar-refractivity contribution in [1.82, 2.24) is 10.2 Å². The molecule has 20 heavy (non-hydrogen) atoms. The predicted octanol–water partition coefficient (Wildman–Crippen LogP) is 1.57. The molecule has 110 valence electrons. The van der Waals surface area contributed by atoms with Crippen molar-refractivity contribution in [2.75, 3.05) is 14.1 Å². The number of halogens is 1. The van der Waals surface area contributed by atoms with Crippen molar-refractivity contribution in [3.63, 3.8) is 0 Å². The highest BCUT2D eigenvalue weighted by atomic mass is 127. The fourth-order valence-electron chi connectivity index (χ4n) is 1.67. The number of nitrogens with zero attached hydrogens (tertiary/aromatic N) is 2. The summed E-state index contributed by atoms with van der Waals surface area (Å²) >= 11 is 0. The van der Waals surface area contributed by atoms with Gasteiger partial charge in [0, 0.05) is 25.7 Å². The number of amides is 1. The Balaban J connectivity index is 0.00000200. The number of nitrogens with two attached hydrogens (primary N) is 1. The summed E-state index contributed by atoms with van der Waals surface area (Å²) in [6.07, 6.45) is 2.36. The Labute approximate surface area is 136 Å². The maximum atomic E-state index is 11.7. The molecule has 3 N–H and O–H groups in total. The first-order valence-corrected chi connectivity index (χ1v) is 6.43. The van der Waals surface area contributed by atoms with Crippen molar-refractivity contribution < 1.29 is 4.79 Å². The van der Waals surface area contributed by atoms with Crippen LogP contribution in [0.2, 0.25) is 0 Å². The summed E-state index contributed by atoms with van der Waals surface area (Å²) in [6, 6.07) is 7.97. The molecule has 0 saturated heterocycles. The highest BCUT2D eigenvalue weighted by molar-refractivity contribution is 14.0. The minimum absolute atomic E-state index is 0.